The highest BCUT2D eigenvalue weighted by Gasteiger charge is 2.05. The summed E-state index contributed by atoms with van der Waals surface area (Å²) < 4.78 is 5.77. The molecule has 0 unspecified atom stereocenters. The van der Waals surface area contributed by atoms with Crippen LogP contribution in [-0.4, -0.2) is 5.91 Å². The lowest BCUT2D eigenvalue weighted by Crippen LogP contribution is -2.12. The van der Waals surface area contributed by atoms with Gasteiger partial charge >= 0.3 is 0 Å². The molecular formula is C24H25NO2. The van der Waals surface area contributed by atoms with Crippen LogP contribution in [0.25, 0.3) is 0 Å². The van der Waals surface area contributed by atoms with E-state index in [0.29, 0.717) is 13.0 Å². The minimum Gasteiger partial charge on any atom is -0.489 e. The Bertz CT molecular complexity index is 886. The fraction of sp³-hybridized carbons (Fsp3) is 0.208. The molecule has 3 aromatic carbocycles. The molecule has 0 aromatic heterocycles. The molecule has 3 heteroatoms. The Balaban J connectivity index is 1.47. The zero-order valence-electron chi connectivity index (χ0n) is 15.9. The third-order valence-corrected chi connectivity index (χ3v) is 4.60. The second-order valence-electron chi connectivity index (χ2n) is 6.77. The summed E-state index contributed by atoms with van der Waals surface area (Å²) in [6.07, 6.45) is 1.21. The summed E-state index contributed by atoms with van der Waals surface area (Å²) in [7, 11) is 0. The van der Waals surface area contributed by atoms with Gasteiger partial charge in [-0.1, -0.05) is 48.5 Å². The van der Waals surface area contributed by atoms with Crippen molar-refractivity contribution in [2.24, 2.45) is 0 Å². The Morgan fingerprint density at radius 1 is 0.852 bits per heavy atom. The Morgan fingerprint density at radius 2 is 1.59 bits per heavy atom. The molecule has 0 heterocycles. The van der Waals surface area contributed by atoms with E-state index in [1.165, 1.54) is 16.7 Å². The van der Waals surface area contributed by atoms with Gasteiger partial charge in [0.2, 0.25) is 5.91 Å². The van der Waals surface area contributed by atoms with E-state index in [1.54, 1.807) is 0 Å². The lowest BCUT2D eigenvalue weighted by Gasteiger charge is -2.09. The SMILES string of the molecule is Cc1ccc(CCC(=O)Nc2ccc(OCc3ccccc3)cc2)cc1C. The monoisotopic (exact) mass is 359 g/mol. The van der Waals surface area contributed by atoms with Crippen LogP contribution in [0.3, 0.4) is 0 Å². The predicted octanol–water partition coefficient (Wildman–Crippen LogP) is 5.45. The van der Waals surface area contributed by atoms with Crippen molar-refractivity contribution in [2.45, 2.75) is 33.3 Å². The first-order valence-corrected chi connectivity index (χ1v) is 9.23. The number of carbonyl (C=O) groups excluding carboxylic acids is 1. The molecule has 3 nitrogen and oxygen atoms in total. The van der Waals surface area contributed by atoms with Gasteiger partial charge < -0.3 is 10.1 Å². The van der Waals surface area contributed by atoms with Crippen LogP contribution in [0.4, 0.5) is 5.69 Å². The van der Waals surface area contributed by atoms with Gasteiger partial charge in [0.15, 0.2) is 0 Å². The first-order valence-electron chi connectivity index (χ1n) is 9.23. The average molecular weight is 359 g/mol. The van der Waals surface area contributed by atoms with Gasteiger partial charge in [-0.25, -0.2) is 0 Å². The van der Waals surface area contributed by atoms with Gasteiger partial charge in [0, 0.05) is 12.1 Å². The number of amides is 1. The van der Waals surface area contributed by atoms with Crippen LogP contribution in [0.5, 0.6) is 5.75 Å². The lowest BCUT2D eigenvalue weighted by molar-refractivity contribution is -0.116. The van der Waals surface area contributed by atoms with Gasteiger partial charge in [-0.15, -0.1) is 0 Å². The van der Waals surface area contributed by atoms with Gasteiger partial charge in [0.1, 0.15) is 12.4 Å². The molecule has 0 radical (unpaired) electrons. The number of aryl methyl sites for hydroxylation is 3. The smallest absolute Gasteiger partial charge is 0.224 e. The third-order valence-electron chi connectivity index (χ3n) is 4.60. The van der Waals surface area contributed by atoms with Gasteiger partial charge in [-0.3, -0.25) is 4.79 Å². The summed E-state index contributed by atoms with van der Waals surface area (Å²) in [5.74, 6) is 0.804. The summed E-state index contributed by atoms with van der Waals surface area (Å²) >= 11 is 0. The summed E-state index contributed by atoms with van der Waals surface area (Å²) in [4.78, 5) is 12.2. The van der Waals surface area contributed by atoms with Crippen LogP contribution in [0.1, 0.15) is 28.7 Å². The molecule has 27 heavy (non-hydrogen) atoms. The Labute approximate surface area is 161 Å². The molecule has 0 aliphatic carbocycles. The number of ether oxygens (including phenoxy) is 1. The number of carbonyl (C=O) groups is 1. The van der Waals surface area contributed by atoms with Crippen LogP contribution in [0.2, 0.25) is 0 Å². The zero-order valence-corrected chi connectivity index (χ0v) is 15.9. The average Bonchev–Trinajstić information content (AvgIpc) is 2.69. The van der Waals surface area contributed by atoms with Gasteiger partial charge in [0.05, 0.1) is 0 Å². The van der Waals surface area contributed by atoms with Crippen molar-refractivity contribution in [1.29, 1.82) is 0 Å². The van der Waals surface area contributed by atoms with Crippen LogP contribution in [0, 0.1) is 13.8 Å². The third kappa shape index (κ3) is 5.71. The maximum atomic E-state index is 12.2. The van der Waals surface area contributed by atoms with E-state index in [0.717, 1.165) is 23.4 Å². The standard InChI is InChI=1S/C24H25NO2/c1-18-8-9-20(16-19(18)2)10-15-24(26)25-22-11-13-23(14-12-22)27-17-21-6-4-3-5-7-21/h3-9,11-14,16H,10,15,17H2,1-2H3,(H,25,26). The van der Waals surface area contributed by atoms with Crippen molar-refractivity contribution in [3.05, 3.63) is 95.1 Å². The van der Waals surface area contributed by atoms with Crippen molar-refractivity contribution < 1.29 is 9.53 Å². The normalized spacial score (nSPS) is 10.4. The topological polar surface area (TPSA) is 38.3 Å². The largest absolute Gasteiger partial charge is 0.489 e. The van der Waals surface area contributed by atoms with Crippen molar-refractivity contribution in [2.75, 3.05) is 5.32 Å². The Hall–Kier alpha value is -3.07. The van der Waals surface area contributed by atoms with Crippen molar-refractivity contribution in [3.8, 4) is 5.75 Å². The highest BCUT2D eigenvalue weighted by molar-refractivity contribution is 5.90. The first-order chi connectivity index (χ1) is 13.1. The molecule has 0 atom stereocenters. The van der Waals surface area contributed by atoms with Crippen LogP contribution in [-0.2, 0) is 17.8 Å². The maximum Gasteiger partial charge on any atom is 0.224 e. The molecule has 0 bridgehead atoms. The minimum absolute atomic E-state index is 0.0196. The van der Waals surface area contributed by atoms with E-state index in [2.05, 4.69) is 37.4 Å². The molecule has 1 N–H and O–H groups in total. The molecule has 138 valence electrons. The molecule has 3 rings (SSSR count). The van der Waals surface area contributed by atoms with E-state index in [4.69, 9.17) is 4.74 Å². The number of hydrogen-bond donors (Lipinski definition) is 1. The van der Waals surface area contributed by atoms with E-state index >= 15 is 0 Å². The number of nitrogens with one attached hydrogen (secondary N) is 1. The summed E-state index contributed by atoms with van der Waals surface area (Å²) in [6, 6.07) is 23.9. The van der Waals surface area contributed by atoms with Gasteiger partial charge in [-0.2, -0.15) is 0 Å². The van der Waals surface area contributed by atoms with Crippen molar-refractivity contribution in [1.82, 2.24) is 0 Å². The number of anilines is 1. The fourth-order valence-corrected chi connectivity index (χ4v) is 2.82. The van der Waals surface area contributed by atoms with Crippen molar-refractivity contribution >= 4 is 11.6 Å². The Kier molecular flexibility index (Phi) is 6.26. The molecule has 0 aliphatic heterocycles. The molecular weight excluding hydrogens is 334 g/mol. The number of rotatable bonds is 7. The molecule has 0 saturated carbocycles. The number of hydrogen-bond acceptors (Lipinski definition) is 2. The van der Waals surface area contributed by atoms with E-state index in [1.807, 2.05) is 54.6 Å². The van der Waals surface area contributed by atoms with Crippen LogP contribution < -0.4 is 10.1 Å². The maximum absolute atomic E-state index is 12.2. The van der Waals surface area contributed by atoms with Gasteiger partial charge in [0.25, 0.3) is 0 Å². The Morgan fingerprint density at radius 3 is 2.30 bits per heavy atom. The summed E-state index contributed by atoms with van der Waals surface area (Å²) in [5, 5.41) is 2.94. The highest BCUT2D eigenvalue weighted by atomic mass is 16.5. The zero-order chi connectivity index (χ0) is 19.1. The van der Waals surface area contributed by atoms with Crippen LogP contribution in [0.15, 0.2) is 72.8 Å². The second-order valence-corrected chi connectivity index (χ2v) is 6.77. The quantitative estimate of drug-likeness (QED) is 0.609. The number of benzene rings is 3. The van der Waals surface area contributed by atoms with E-state index < -0.39 is 0 Å². The van der Waals surface area contributed by atoms with Gasteiger partial charge in [-0.05, 0) is 66.8 Å². The lowest BCUT2D eigenvalue weighted by atomic mass is 10.0. The second kappa shape index (κ2) is 9.04. The first kappa shape index (κ1) is 18.7. The summed E-state index contributed by atoms with van der Waals surface area (Å²) in [6.45, 7) is 4.72. The molecule has 0 aliphatic rings. The molecule has 0 saturated heterocycles. The minimum atomic E-state index is 0.0196. The van der Waals surface area contributed by atoms with Crippen molar-refractivity contribution in [3.63, 3.8) is 0 Å². The predicted molar refractivity (Wildman–Crippen MR) is 110 cm³/mol. The van der Waals surface area contributed by atoms with Crippen LogP contribution >= 0.6 is 0 Å². The molecule has 3 aromatic rings. The van der Waals surface area contributed by atoms with E-state index in [9.17, 15) is 4.79 Å². The molecule has 0 fully saturated rings. The molecule has 1 amide bonds. The van der Waals surface area contributed by atoms with E-state index in [-0.39, 0.29) is 5.91 Å². The highest BCUT2D eigenvalue weighted by Crippen LogP contribution is 2.18. The summed E-state index contributed by atoms with van der Waals surface area (Å²) in [5.41, 5.74) is 5.64. The fourth-order valence-electron chi connectivity index (χ4n) is 2.82. The molecule has 0 spiro atoms.